The van der Waals surface area contributed by atoms with E-state index >= 15 is 0 Å². The Hall–Kier alpha value is -3.33. The monoisotopic (exact) mass is 467 g/mol. The first-order chi connectivity index (χ1) is 14.7. The molecule has 0 aliphatic heterocycles. The van der Waals surface area contributed by atoms with Crippen molar-refractivity contribution in [3.8, 4) is 0 Å². The van der Waals surface area contributed by atoms with Gasteiger partial charge in [0.25, 0.3) is 0 Å². The van der Waals surface area contributed by atoms with Crippen LogP contribution < -0.4 is 10.6 Å². The third kappa shape index (κ3) is 5.38. The van der Waals surface area contributed by atoms with E-state index < -0.39 is 0 Å². The van der Waals surface area contributed by atoms with Crippen molar-refractivity contribution in [3.05, 3.63) is 88.8 Å². The lowest BCUT2D eigenvalue weighted by molar-refractivity contribution is 0.625. The maximum absolute atomic E-state index is 13.3. The lowest BCUT2D eigenvalue weighted by Gasteiger charge is -2.11. The Morgan fingerprint density at radius 2 is 1.93 bits per heavy atom. The van der Waals surface area contributed by atoms with Crippen LogP contribution in [-0.2, 0) is 13.0 Å². The summed E-state index contributed by atoms with van der Waals surface area (Å²) in [6.45, 7) is 1.28. The Morgan fingerprint density at radius 3 is 2.70 bits per heavy atom. The molecular formula is C21H19BrFN7. The molecule has 0 bridgehead atoms. The predicted octanol–water partition coefficient (Wildman–Crippen LogP) is 4.42. The second-order valence-corrected chi connectivity index (χ2v) is 7.47. The molecule has 30 heavy (non-hydrogen) atoms. The van der Waals surface area contributed by atoms with Gasteiger partial charge < -0.3 is 10.6 Å². The number of hydrogen-bond donors (Lipinski definition) is 2. The maximum atomic E-state index is 13.3. The van der Waals surface area contributed by atoms with Gasteiger partial charge >= 0.3 is 0 Å². The van der Waals surface area contributed by atoms with E-state index in [1.54, 1.807) is 23.3 Å². The van der Waals surface area contributed by atoms with Gasteiger partial charge in [0.15, 0.2) is 0 Å². The smallest absolute Gasteiger partial charge is 0.229 e. The summed E-state index contributed by atoms with van der Waals surface area (Å²) >= 11 is 3.46. The summed E-state index contributed by atoms with van der Waals surface area (Å²) in [5, 5.41) is 10.6. The SMILES string of the molecule is Fc1cccc(CCNc2nc(Nc3ccc(Cn4cncn4)cc3)ncc2Br)c1. The number of hydrogen-bond acceptors (Lipinski definition) is 6. The van der Waals surface area contributed by atoms with Crippen molar-refractivity contribution in [2.24, 2.45) is 0 Å². The zero-order chi connectivity index (χ0) is 20.8. The van der Waals surface area contributed by atoms with Crippen molar-refractivity contribution in [2.75, 3.05) is 17.2 Å². The fourth-order valence-corrected chi connectivity index (χ4v) is 3.22. The van der Waals surface area contributed by atoms with E-state index in [2.05, 4.69) is 46.6 Å². The van der Waals surface area contributed by atoms with E-state index in [0.29, 0.717) is 31.3 Å². The van der Waals surface area contributed by atoms with Gasteiger partial charge in [-0.3, -0.25) is 0 Å². The molecule has 9 heteroatoms. The van der Waals surface area contributed by atoms with Crippen LogP contribution in [0, 0.1) is 5.82 Å². The van der Waals surface area contributed by atoms with Gasteiger partial charge in [0.2, 0.25) is 5.95 Å². The number of nitrogens with zero attached hydrogens (tertiary/aromatic N) is 5. The number of aromatic nitrogens is 5. The summed E-state index contributed by atoms with van der Waals surface area (Å²) in [6.07, 6.45) is 5.58. The minimum Gasteiger partial charge on any atom is -0.369 e. The number of rotatable bonds is 8. The molecule has 0 amide bonds. The third-order valence-electron chi connectivity index (χ3n) is 4.36. The minimum atomic E-state index is -0.227. The summed E-state index contributed by atoms with van der Waals surface area (Å²) in [4.78, 5) is 12.8. The molecule has 2 aromatic carbocycles. The van der Waals surface area contributed by atoms with Crippen LogP contribution in [0.5, 0.6) is 0 Å². The van der Waals surface area contributed by atoms with Gasteiger partial charge in [-0.15, -0.1) is 0 Å². The van der Waals surface area contributed by atoms with E-state index in [1.807, 2.05) is 30.3 Å². The lowest BCUT2D eigenvalue weighted by Crippen LogP contribution is -2.09. The van der Waals surface area contributed by atoms with Crippen LogP contribution in [0.25, 0.3) is 0 Å². The molecule has 7 nitrogen and oxygen atoms in total. The highest BCUT2D eigenvalue weighted by Gasteiger charge is 2.06. The van der Waals surface area contributed by atoms with E-state index in [0.717, 1.165) is 21.3 Å². The van der Waals surface area contributed by atoms with E-state index in [-0.39, 0.29) is 5.82 Å². The first-order valence-electron chi connectivity index (χ1n) is 9.35. The molecule has 0 saturated carbocycles. The van der Waals surface area contributed by atoms with Gasteiger partial charge in [-0.1, -0.05) is 24.3 Å². The predicted molar refractivity (Wildman–Crippen MR) is 117 cm³/mol. The standard InChI is InChI=1S/C21H19BrFN7/c22-19-11-26-21(29-20(19)25-9-8-15-2-1-3-17(23)10-15)28-18-6-4-16(5-7-18)12-30-14-24-13-27-30/h1-7,10-11,13-14H,8-9,12H2,(H2,25,26,28,29). The molecule has 4 rings (SSSR count). The van der Waals surface area contributed by atoms with Crippen molar-refractivity contribution in [1.82, 2.24) is 24.7 Å². The average molecular weight is 468 g/mol. The van der Waals surface area contributed by atoms with Crippen LogP contribution in [0.3, 0.4) is 0 Å². The Kier molecular flexibility index (Phi) is 6.29. The summed E-state index contributed by atoms with van der Waals surface area (Å²) in [7, 11) is 0. The Balaban J connectivity index is 1.36. The minimum absolute atomic E-state index is 0.227. The zero-order valence-electron chi connectivity index (χ0n) is 16.0. The second-order valence-electron chi connectivity index (χ2n) is 6.61. The first-order valence-corrected chi connectivity index (χ1v) is 10.1. The molecule has 2 heterocycles. The van der Waals surface area contributed by atoms with Gasteiger partial charge in [-0.25, -0.2) is 19.0 Å². The van der Waals surface area contributed by atoms with E-state index in [1.165, 1.54) is 18.5 Å². The van der Waals surface area contributed by atoms with Crippen molar-refractivity contribution in [2.45, 2.75) is 13.0 Å². The van der Waals surface area contributed by atoms with Gasteiger partial charge in [-0.2, -0.15) is 10.1 Å². The summed E-state index contributed by atoms with van der Waals surface area (Å²) in [6, 6.07) is 14.6. The molecule has 4 aromatic rings. The van der Waals surface area contributed by atoms with Gasteiger partial charge in [-0.05, 0) is 57.7 Å². The summed E-state index contributed by atoms with van der Waals surface area (Å²) in [5.41, 5.74) is 2.92. The molecule has 0 atom stereocenters. The van der Waals surface area contributed by atoms with E-state index in [4.69, 9.17) is 0 Å². The quantitative estimate of drug-likeness (QED) is 0.399. The van der Waals surface area contributed by atoms with Gasteiger partial charge in [0.05, 0.1) is 11.0 Å². The fraction of sp³-hybridized carbons (Fsp3) is 0.143. The van der Waals surface area contributed by atoms with Crippen molar-refractivity contribution in [1.29, 1.82) is 0 Å². The molecule has 0 aliphatic carbocycles. The van der Waals surface area contributed by atoms with E-state index in [9.17, 15) is 4.39 Å². The highest BCUT2D eigenvalue weighted by molar-refractivity contribution is 9.10. The average Bonchev–Trinajstić information content (AvgIpc) is 3.25. The highest BCUT2D eigenvalue weighted by Crippen LogP contribution is 2.22. The molecule has 0 radical (unpaired) electrons. The first kappa shape index (κ1) is 20.0. The molecular weight excluding hydrogens is 449 g/mol. The molecule has 2 aromatic heterocycles. The Bertz CT molecular complexity index is 1100. The molecule has 0 spiro atoms. The maximum Gasteiger partial charge on any atom is 0.229 e. The molecule has 0 saturated heterocycles. The second kappa shape index (κ2) is 9.45. The Labute approximate surface area is 181 Å². The molecule has 0 aliphatic rings. The lowest BCUT2D eigenvalue weighted by atomic mass is 10.1. The molecule has 2 N–H and O–H groups in total. The zero-order valence-corrected chi connectivity index (χ0v) is 17.6. The third-order valence-corrected chi connectivity index (χ3v) is 4.94. The molecule has 152 valence electrons. The Morgan fingerprint density at radius 1 is 1.07 bits per heavy atom. The highest BCUT2D eigenvalue weighted by atomic mass is 79.9. The number of benzene rings is 2. The molecule has 0 fully saturated rings. The van der Waals surface area contributed by atoms with Crippen molar-refractivity contribution in [3.63, 3.8) is 0 Å². The van der Waals surface area contributed by atoms with Crippen LogP contribution in [-0.4, -0.2) is 31.3 Å². The topological polar surface area (TPSA) is 80.5 Å². The largest absolute Gasteiger partial charge is 0.369 e. The van der Waals surface area contributed by atoms with Crippen LogP contribution in [0.15, 0.2) is 71.9 Å². The van der Waals surface area contributed by atoms with Gasteiger partial charge in [0, 0.05) is 18.4 Å². The fourth-order valence-electron chi connectivity index (χ4n) is 2.89. The van der Waals surface area contributed by atoms with Crippen LogP contribution in [0.2, 0.25) is 0 Å². The van der Waals surface area contributed by atoms with Crippen LogP contribution in [0.4, 0.5) is 21.8 Å². The number of anilines is 3. The summed E-state index contributed by atoms with van der Waals surface area (Å²) in [5.74, 6) is 0.927. The normalized spacial score (nSPS) is 10.7. The summed E-state index contributed by atoms with van der Waals surface area (Å²) < 4.78 is 15.8. The van der Waals surface area contributed by atoms with Crippen molar-refractivity contribution < 1.29 is 4.39 Å². The van der Waals surface area contributed by atoms with Crippen molar-refractivity contribution >= 4 is 33.4 Å². The van der Waals surface area contributed by atoms with Gasteiger partial charge in [0.1, 0.15) is 24.3 Å². The molecule has 0 unspecified atom stereocenters. The van der Waals surface area contributed by atoms with Crippen LogP contribution in [0.1, 0.15) is 11.1 Å². The number of nitrogens with one attached hydrogen (secondary N) is 2. The number of halogens is 2. The van der Waals surface area contributed by atoms with Crippen LogP contribution >= 0.6 is 15.9 Å².